The van der Waals surface area contributed by atoms with Crippen LogP contribution < -0.4 is 10.6 Å². The highest BCUT2D eigenvalue weighted by atomic mass is 16.5. The molecule has 16 heteroatoms. The van der Waals surface area contributed by atoms with E-state index in [-0.39, 0.29) is 30.3 Å². The number of alkyl carbamates (subject to hydrolysis) is 1. The van der Waals surface area contributed by atoms with Gasteiger partial charge >= 0.3 is 12.2 Å². The van der Waals surface area contributed by atoms with Gasteiger partial charge in [0.1, 0.15) is 23.7 Å². The first-order valence-corrected chi connectivity index (χ1v) is 19.3. The van der Waals surface area contributed by atoms with Crippen LogP contribution in [-0.2, 0) is 25.5 Å². The number of methoxy groups -OCH3 is 2. The third-order valence-electron chi connectivity index (χ3n) is 11.0. The number of nitrogens with zero attached hydrogens (tertiary/aromatic N) is 5. The molecule has 7 rings (SSSR count). The predicted octanol–water partition coefficient (Wildman–Crippen LogP) is 5.49. The minimum atomic E-state index is -1.25. The molecular weight excluding hydrogens is 743 g/mol. The molecule has 5 atom stereocenters. The molecule has 2 saturated heterocycles. The van der Waals surface area contributed by atoms with Gasteiger partial charge in [-0.15, -0.1) is 0 Å². The van der Waals surface area contributed by atoms with Gasteiger partial charge in [-0.3, -0.25) is 14.6 Å². The number of aromatic nitrogens is 5. The number of nitrogens with one attached hydrogen (secondary N) is 4. The van der Waals surface area contributed by atoms with Crippen molar-refractivity contribution in [2.24, 2.45) is 0 Å². The molecule has 0 spiro atoms. The van der Waals surface area contributed by atoms with Crippen molar-refractivity contribution in [3.63, 3.8) is 0 Å². The lowest BCUT2D eigenvalue weighted by atomic mass is 10.0. The van der Waals surface area contributed by atoms with Crippen LogP contribution in [0.3, 0.4) is 0 Å². The molecule has 0 bridgehead atoms. The highest BCUT2D eigenvalue weighted by Crippen LogP contribution is 2.35. The van der Waals surface area contributed by atoms with Crippen molar-refractivity contribution in [3.8, 4) is 33.6 Å². The van der Waals surface area contributed by atoms with Crippen molar-refractivity contribution >= 4 is 24.0 Å². The highest BCUT2D eigenvalue weighted by molar-refractivity contribution is 5.87. The van der Waals surface area contributed by atoms with Crippen LogP contribution in [0, 0.1) is 0 Å². The van der Waals surface area contributed by atoms with Crippen molar-refractivity contribution < 1.29 is 33.8 Å². The molecule has 5 N–H and O–H groups in total. The number of carbonyl (C=O) groups excluding carboxylic acids is 3. The second-order valence-corrected chi connectivity index (χ2v) is 14.5. The van der Waals surface area contributed by atoms with Gasteiger partial charge in [0.15, 0.2) is 0 Å². The van der Waals surface area contributed by atoms with Crippen LogP contribution in [0.2, 0.25) is 0 Å². The largest absolute Gasteiger partial charge is 0.465 e. The maximum atomic E-state index is 13.7. The van der Waals surface area contributed by atoms with Crippen LogP contribution in [0.1, 0.15) is 61.9 Å². The monoisotopic (exact) mass is 789 g/mol. The van der Waals surface area contributed by atoms with Gasteiger partial charge in [-0.2, -0.15) is 0 Å². The number of pyridine rings is 1. The van der Waals surface area contributed by atoms with Gasteiger partial charge in [-0.25, -0.2) is 19.6 Å². The quantitative estimate of drug-likeness (QED) is 0.101. The molecule has 2 fully saturated rings. The van der Waals surface area contributed by atoms with Crippen molar-refractivity contribution in [2.45, 2.75) is 69.3 Å². The van der Waals surface area contributed by atoms with E-state index in [0.717, 1.165) is 58.5 Å². The molecule has 5 heterocycles. The van der Waals surface area contributed by atoms with Gasteiger partial charge in [-0.05, 0) is 72.6 Å². The van der Waals surface area contributed by atoms with Gasteiger partial charge in [-0.1, -0.05) is 48.5 Å². The Morgan fingerprint density at radius 2 is 1.26 bits per heavy atom. The number of rotatable bonds is 13. The summed E-state index contributed by atoms with van der Waals surface area (Å²) in [7, 11) is 2.75. The fourth-order valence-corrected chi connectivity index (χ4v) is 7.80. The molecule has 2 aliphatic rings. The highest BCUT2D eigenvalue weighted by Gasteiger charge is 2.39. The average Bonchev–Trinajstić information content (AvgIpc) is 4.09. The second kappa shape index (κ2) is 17.7. The number of likely N-dealkylation sites (tertiary alicyclic amines) is 2. The molecular formula is C42H47N9O7. The summed E-state index contributed by atoms with van der Waals surface area (Å²) in [5.74, 6) is 0.799. The summed E-state index contributed by atoms with van der Waals surface area (Å²) in [5, 5.41) is 14.5. The van der Waals surface area contributed by atoms with Gasteiger partial charge in [0.05, 0.1) is 49.1 Å². The summed E-state index contributed by atoms with van der Waals surface area (Å²) in [4.78, 5) is 74.5. The molecule has 2 aliphatic heterocycles. The Hall–Kier alpha value is -6.55. The zero-order chi connectivity index (χ0) is 40.8. The summed E-state index contributed by atoms with van der Waals surface area (Å²) >= 11 is 0. The van der Waals surface area contributed by atoms with E-state index in [9.17, 15) is 24.3 Å². The minimum Gasteiger partial charge on any atom is -0.465 e. The number of carboxylic acid groups (broad SMARTS) is 1. The van der Waals surface area contributed by atoms with E-state index in [1.54, 1.807) is 53.6 Å². The molecule has 5 aromatic rings. The minimum absolute atomic E-state index is 0.220. The Labute approximate surface area is 335 Å². The predicted molar refractivity (Wildman–Crippen MR) is 213 cm³/mol. The molecule has 0 saturated carbocycles. The summed E-state index contributed by atoms with van der Waals surface area (Å²) < 4.78 is 10.1. The lowest BCUT2D eigenvalue weighted by molar-refractivity contribution is -0.137. The van der Waals surface area contributed by atoms with Crippen molar-refractivity contribution in [3.05, 3.63) is 103 Å². The molecule has 58 heavy (non-hydrogen) atoms. The number of hydrogen-bond acceptors (Lipinski definition) is 9. The first-order valence-electron chi connectivity index (χ1n) is 19.3. The van der Waals surface area contributed by atoms with Crippen LogP contribution >= 0.6 is 0 Å². The number of aromatic amines is 2. The molecule has 0 unspecified atom stereocenters. The second-order valence-electron chi connectivity index (χ2n) is 14.5. The van der Waals surface area contributed by atoms with Crippen molar-refractivity contribution in [1.29, 1.82) is 0 Å². The molecule has 302 valence electrons. The lowest BCUT2D eigenvalue weighted by Gasteiger charge is -2.30. The Kier molecular flexibility index (Phi) is 12.1. The fraction of sp³-hybridized carbons (Fsp3) is 0.357. The van der Waals surface area contributed by atoms with E-state index in [1.165, 1.54) is 14.2 Å². The SMILES string of the molecule is COC(=O)N[C@H](C(=O)N1CCC[C@H]1c1ncc(-c2ccc(-c3ccc(-c4cnc([C@@H]5CCCN5C(=O)[C@H](Cc5ccncc5)NC(=O)O)[nH]4)cc3)cc2)[nH]1)[C@@H](C)OC. The molecule has 0 radical (unpaired) electrons. The van der Waals surface area contributed by atoms with Crippen LogP contribution in [0.5, 0.6) is 0 Å². The van der Waals surface area contributed by atoms with E-state index in [1.807, 2.05) is 48.5 Å². The maximum Gasteiger partial charge on any atom is 0.407 e. The third kappa shape index (κ3) is 8.71. The Bertz CT molecular complexity index is 2210. The number of amides is 4. The van der Waals surface area contributed by atoms with E-state index in [4.69, 9.17) is 9.47 Å². The van der Waals surface area contributed by atoms with Crippen LogP contribution in [0.4, 0.5) is 9.59 Å². The molecule has 0 aliphatic carbocycles. The molecule has 4 amide bonds. The first kappa shape index (κ1) is 39.7. The normalized spacial score (nSPS) is 18.1. The summed E-state index contributed by atoms with van der Waals surface area (Å²) in [5.41, 5.74) is 6.39. The summed E-state index contributed by atoms with van der Waals surface area (Å²) in [6.45, 7) is 2.77. The van der Waals surface area contributed by atoms with Crippen molar-refractivity contribution in [2.75, 3.05) is 27.3 Å². The first-order chi connectivity index (χ1) is 28.1. The topological polar surface area (TPSA) is 208 Å². The number of benzene rings is 2. The van der Waals surface area contributed by atoms with Crippen molar-refractivity contribution in [1.82, 2.24) is 45.4 Å². The summed E-state index contributed by atoms with van der Waals surface area (Å²) in [6.07, 6.45) is 7.52. The Morgan fingerprint density at radius 3 is 1.74 bits per heavy atom. The van der Waals surface area contributed by atoms with E-state index >= 15 is 0 Å². The summed E-state index contributed by atoms with van der Waals surface area (Å²) in [6, 6.07) is 17.4. The van der Waals surface area contributed by atoms with E-state index in [0.29, 0.717) is 31.2 Å². The van der Waals surface area contributed by atoms with Gasteiger partial charge in [0.25, 0.3) is 0 Å². The fourth-order valence-electron chi connectivity index (χ4n) is 7.80. The van der Waals surface area contributed by atoms with Gasteiger partial charge in [0, 0.05) is 39.0 Å². The average molecular weight is 790 g/mol. The number of imidazole rings is 2. The van der Waals surface area contributed by atoms with E-state index < -0.39 is 30.4 Å². The third-order valence-corrected chi connectivity index (χ3v) is 11.0. The zero-order valence-corrected chi connectivity index (χ0v) is 32.6. The number of hydrogen-bond donors (Lipinski definition) is 5. The molecule has 2 aromatic carbocycles. The zero-order valence-electron chi connectivity index (χ0n) is 32.6. The standard InChI is InChI=1S/C42H47N9O7/c1-25(57-2)36(49-42(56)58-3)40(53)51-21-5-7-35(51)38-45-24-33(47-38)30-14-10-28(11-15-30)27-8-12-29(13-9-27)32-23-44-37(46-32)34-6-4-20-50(34)39(52)31(48-41(54)55)22-26-16-18-43-19-17-26/h8-19,23-25,31,34-36,48H,4-7,20-22H2,1-3H3,(H,44,46)(H,45,47)(H,49,56)(H,54,55)/t25-,31+,34+,35+,36+/m1/s1. The maximum absolute atomic E-state index is 13.7. The Balaban J connectivity index is 0.999. The Morgan fingerprint density at radius 1 is 0.759 bits per heavy atom. The number of H-pyrrole nitrogens is 2. The van der Waals surface area contributed by atoms with Crippen LogP contribution in [0.25, 0.3) is 33.6 Å². The smallest absolute Gasteiger partial charge is 0.407 e. The molecule has 3 aromatic heterocycles. The number of carbonyl (C=O) groups is 4. The van der Waals surface area contributed by atoms with Gasteiger partial charge in [0.2, 0.25) is 11.8 Å². The van der Waals surface area contributed by atoms with Gasteiger partial charge < -0.3 is 45.0 Å². The lowest BCUT2D eigenvalue weighted by Crippen LogP contribution is -2.54. The molecule has 16 nitrogen and oxygen atoms in total. The van der Waals surface area contributed by atoms with Crippen LogP contribution in [0.15, 0.2) is 85.5 Å². The van der Waals surface area contributed by atoms with Crippen LogP contribution in [-0.4, -0.2) is 109 Å². The number of ether oxygens (including phenoxy) is 2. The van der Waals surface area contributed by atoms with E-state index in [2.05, 4.69) is 35.6 Å².